The third-order valence-electron chi connectivity index (χ3n) is 16.6. The van der Waals surface area contributed by atoms with Crippen LogP contribution in [0.5, 0.6) is 17.2 Å². The summed E-state index contributed by atoms with van der Waals surface area (Å²) in [6.45, 7) is 14.0. The van der Waals surface area contributed by atoms with Crippen molar-refractivity contribution < 1.29 is 55.9 Å². The van der Waals surface area contributed by atoms with Crippen LogP contribution in [0.3, 0.4) is 0 Å². The van der Waals surface area contributed by atoms with Crippen LogP contribution in [-0.2, 0) is 55.4 Å². The maximum absolute atomic E-state index is 14.4. The minimum atomic E-state index is -4.52. The summed E-state index contributed by atoms with van der Waals surface area (Å²) < 4.78 is 51.8. The smallest absolute Gasteiger partial charge is 0.275 e. The minimum absolute atomic E-state index is 0.00685. The van der Waals surface area contributed by atoms with Crippen LogP contribution in [0.1, 0.15) is 122 Å². The summed E-state index contributed by atoms with van der Waals surface area (Å²) in [5.74, 6) is -1.19. The molecule has 3 N–H and O–H groups in total. The molecule has 5 aromatic carbocycles. The Bertz CT molecular complexity index is 3560. The van der Waals surface area contributed by atoms with E-state index in [1.165, 1.54) is 28.7 Å². The number of carbonyl (C=O) groups is 6. The molecular formula is C65H78N6O12S3. The predicted octanol–water partition coefficient (Wildman–Crippen LogP) is 10.4. The fraction of sp³-hybridized carbons (Fsp3) is 0.446. The van der Waals surface area contributed by atoms with Crippen LogP contribution < -0.4 is 44.4 Å². The van der Waals surface area contributed by atoms with Crippen molar-refractivity contribution in [3.63, 3.8) is 0 Å². The number of ether oxygens (including phenoxy) is 3. The molecule has 9 rings (SSSR count). The van der Waals surface area contributed by atoms with Crippen LogP contribution >= 0.6 is 21.6 Å². The molecule has 4 aliphatic heterocycles. The average molecular weight is 1230 g/mol. The summed E-state index contributed by atoms with van der Waals surface area (Å²) in [4.78, 5) is 90.4. The first-order valence-electron chi connectivity index (χ1n) is 29.3. The Balaban J connectivity index is 0.899. The summed E-state index contributed by atoms with van der Waals surface area (Å²) in [5, 5.41) is 4.48. The lowest BCUT2D eigenvalue weighted by molar-refractivity contribution is -0.131. The first-order valence-corrected chi connectivity index (χ1v) is 33.1. The van der Waals surface area contributed by atoms with Gasteiger partial charge >= 0.3 is 0 Å². The van der Waals surface area contributed by atoms with Gasteiger partial charge in [0.2, 0.25) is 11.8 Å². The minimum Gasteiger partial charge on any atom is -0.493 e. The Hall–Kier alpha value is -7.07. The van der Waals surface area contributed by atoms with Crippen molar-refractivity contribution in [2.45, 2.75) is 135 Å². The number of Topliss-reactive ketones (excluding diaryl/α,β-unsaturated/α-hetero) is 2. The van der Waals surface area contributed by atoms with Crippen LogP contribution in [0.15, 0.2) is 91.0 Å². The number of nitrogens with zero attached hydrogens (tertiary/aromatic N) is 4. The molecule has 0 aliphatic carbocycles. The predicted molar refractivity (Wildman–Crippen MR) is 340 cm³/mol. The number of ketones is 2. The summed E-state index contributed by atoms with van der Waals surface area (Å²) in [6, 6.07) is 28.0. The van der Waals surface area contributed by atoms with Crippen molar-refractivity contribution in [3.8, 4) is 17.2 Å². The second-order valence-electron chi connectivity index (χ2n) is 24.0. The molecule has 1 unspecified atom stereocenters. The van der Waals surface area contributed by atoms with Gasteiger partial charge in [-0.15, -0.1) is 0 Å². The third kappa shape index (κ3) is 14.2. The van der Waals surface area contributed by atoms with Crippen molar-refractivity contribution in [1.29, 1.82) is 0 Å². The second kappa shape index (κ2) is 26.5. The summed E-state index contributed by atoms with van der Waals surface area (Å²) >= 11 is 0. The van der Waals surface area contributed by atoms with E-state index < -0.39 is 43.8 Å². The van der Waals surface area contributed by atoms with Gasteiger partial charge < -0.3 is 44.4 Å². The highest BCUT2D eigenvalue weighted by Gasteiger charge is 2.41. The molecule has 0 radical (unpaired) electrons. The number of para-hydroxylation sites is 2. The average Bonchev–Trinajstić information content (AvgIpc) is 1.66. The van der Waals surface area contributed by atoms with Gasteiger partial charge in [0.1, 0.15) is 24.2 Å². The normalized spacial score (nSPS) is 17.3. The van der Waals surface area contributed by atoms with Gasteiger partial charge in [-0.1, -0.05) is 85.7 Å². The monoisotopic (exact) mass is 1230 g/mol. The number of rotatable bonds is 25. The van der Waals surface area contributed by atoms with Gasteiger partial charge in [0.15, 0.2) is 23.1 Å². The number of nitrogens with one attached hydrogen (secondary N) is 2. The Labute approximate surface area is 512 Å². The zero-order chi connectivity index (χ0) is 61.9. The number of anilines is 5. The van der Waals surface area contributed by atoms with Gasteiger partial charge in [0.05, 0.1) is 47.7 Å². The van der Waals surface area contributed by atoms with Gasteiger partial charge in [-0.25, -0.2) is 0 Å². The van der Waals surface area contributed by atoms with Crippen molar-refractivity contribution in [2.75, 3.05) is 65.0 Å². The number of hydrogen-bond donors (Lipinski definition) is 3. The molecule has 86 heavy (non-hydrogen) atoms. The molecule has 5 atom stereocenters. The van der Waals surface area contributed by atoms with Gasteiger partial charge in [-0.3, -0.25) is 33.3 Å². The van der Waals surface area contributed by atoms with Crippen LogP contribution in [0.2, 0.25) is 0 Å². The summed E-state index contributed by atoms with van der Waals surface area (Å²) in [6.07, 6.45) is 1.84. The quantitative estimate of drug-likeness (QED) is 0.0281. The zero-order valence-corrected chi connectivity index (χ0v) is 53.0. The molecular weight excluding hydrogens is 1150 g/mol. The summed E-state index contributed by atoms with van der Waals surface area (Å²) in [5.41, 5.74) is 9.24. The van der Waals surface area contributed by atoms with E-state index in [-0.39, 0.29) is 80.4 Å². The van der Waals surface area contributed by atoms with E-state index in [9.17, 15) is 41.7 Å². The molecule has 0 fully saturated rings. The fourth-order valence-electron chi connectivity index (χ4n) is 12.0. The number of benzene rings is 5. The summed E-state index contributed by atoms with van der Waals surface area (Å²) in [7, 11) is 3.77. The lowest BCUT2D eigenvalue weighted by Gasteiger charge is -2.25. The zero-order valence-electron chi connectivity index (χ0n) is 50.6. The highest BCUT2D eigenvalue weighted by Crippen LogP contribution is 2.44. The fourth-order valence-corrected chi connectivity index (χ4v) is 15.7. The molecule has 4 heterocycles. The van der Waals surface area contributed by atoms with E-state index in [2.05, 4.69) is 32.6 Å². The van der Waals surface area contributed by atoms with Gasteiger partial charge in [0.25, 0.3) is 21.9 Å². The Kier molecular flexibility index (Phi) is 19.5. The van der Waals surface area contributed by atoms with E-state index >= 15 is 0 Å². The van der Waals surface area contributed by atoms with Gasteiger partial charge in [0, 0.05) is 92.1 Å². The van der Waals surface area contributed by atoms with E-state index in [1.54, 1.807) is 26.0 Å². The Morgan fingerprint density at radius 2 is 1.29 bits per heavy atom. The molecule has 0 aromatic heterocycles. The molecule has 18 nitrogen and oxygen atoms in total. The number of aryl methyl sites for hydroxylation is 1. The molecule has 5 aromatic rings. The topological polar surface area (TPSA) is 221 Å². The van der Waals surface area contributed by atoms with E-state index in [4.69, 9.17) is 14.2 Å². The number of hydrogen-bond acceptors (Lipinski definition) is 15. The Morgan fingerprint density at radius 3 is 1.84 bits per heavy atom. The number of amides is 4. The molecule has 0 spiro atoms. The highest BCUT2D eigenvalue weighted by atomic mass is 33.1. The van der Waals surface area contributed by atoms with Gasteiger partial charge in [-0.2, -0.15) is 8.42 Å². The largest absolute Gasteiger partial charge is 0.493 e. The SMILES string of the molecule is CCC(=O)C(CCSSC(C)(C)CCC(=O)N[C@H](C(=O)C[C@@H](C)C(=O)Nc1cc(COc2cc3c(cc2C)C(=O)N2c4ccccc4C[C@H]2CN3C)cc(COc2cc3c(cc2OC)C(=O)N2c4ccccc4C[C@H]2CN3C)c1)C(C)C)S(=O)(=O)O. The van der Waals surface area contributed by atoms with Crippen LogP contribution in [-0.4, -0.2) is 116 Å². The molecule has 21 heteroatoms. The van der Waals surface area contributed by atoms with Crippen LogP contribution in [0.4, 0.5) is 28.4 Å². The Morgan fingerprint density at radius 1 is 0.744 bits per heavy atom. The molecule has 4 aliphatic rings. The molecule has 4 amide bonds. The number of carbonyl (C=O) groups excluding carboxylic acids is 6. The van der Waals surface area contributed by atoms with Crippen molar-refractivity contribution in [3.05, 3.63) is 130 Å². The van der Waals surface area contributed by atoms with Crippen molar-refractivity contribution in [2.24, 2.45) is 11.8 Å². The highest BCUT2D eigenvalue weighted by molar-refractivity contribution is 8.77. The van der Waals surface area contributed by atoms with E-state index in [0.29, 0.717) is 76.1 Å². The van der Waals surface area contributed by atoms with E-state index in [0.717, 1.165) is 46.6 Å². The number of methoxy groups -OCH3 is 1. The maximum atomic E-state index is 14.4. The molecule has 0 saturated heterocycles. The van der Waals surface area contributed by atoms with Crippen LogP contribution in [0.25, 0.3) is 0 Å². The number of likely N-dealkylation sites (N-methyl/N-ethyl adjacent to an activating group) is 2. The van der Waals surface area contributed by atoms with Crippen LogP contribution in [0, 0.1) is 18.8 Å². The maximum Gasteiger partial charge on any atom is 0.275 e. The van der Waals surface area contributed by atoms with E-state index in [1.807, 2.05) is 125 Å². The second-order valence-corrected chi connectivity index (χ2v) is 28.7. The van der Waals surface area contributed by atoms with Gasteiger partial charge in [-0.05, 0) is 123 Å². The first-order chi connectivity index (χ1) is 40.8. The standard InChI is InChI=1S/C65H78N6O12S3/c1-11-54(72)59(86(78,79)80)21-23-84-85-65(6,7)22-20-60(74)67-61(38(2)3)55(73)25-40(5)62(75)66-45-27-41(36-82-56-32-52-48(24-39(56)4)63(76)70-46(34-68(52)8)29-43-16-12-14-18-50(43)70)26-42(28-45)37-83-58-33-53-49(31-57(58)81-10)64(77)71-47(35-69(53)9)30-44-17-13-15-19-51(44)71/h12-19,24,26-28,31-33,38,40,46-47,59,61H,11,20-23,25,29-30,34-37H2,1-10H3,(H,66,75)(H,67,74)(H,78,79,80)/t40-,46+,47+,59?,61+/m1/s1. The van der Waals surface area contributed by atoms with Crippen molar-refractivity contribution >= 4 is 95.3 Å². The first kappa shape index (κ1) is 63.4. The van der Waals surface area contributed by atoms with Crippen molar-refractivity contribution in [1.82, 2.24) is 5.32 Å². The molecule has 0 bridgehead atoms. The third-order valence-corrected chi connectivity index (χ3v) is 21.2. The number of fused-ring (bicyclic) bond motifs is 8. The lowest BCUT2D eigenvalue weighted by Crippen LogP contribution is -2.45. The molecule has 458 valence electrons. The molecule has 0 saturated carbocycles. The lowest BCUT2D eigenvalue weighted by atomic mass is 9.92.